The van der Waals surface area contributed by atoms with Gasteiger partial charge in [0.2, 0.25) is 5.91 Å². The number of anilines is 2. The summed E-state index contributed by atoms with van der Waals surface area (Å²) < 4.78 is 5.22. The monoisotopic (exact) mass is 279 g/mol. The summed E-state index contributed by atoms with van der Waals surface area (Å²) in [7, 11) is 1.57. The zero-order valence-electron chi connectivity index (χ0n) is 11.9. The predicted molar refractivity (Wildman–Crippen MR) is 77.9 cm³/mol. The fourth-order valence-corrected chi connectivity index (χ4v) is 2.41. The standard InChI is InChI=1S/C14H21N3O3/c1-10(18)16-5-6-17(9-12(19)8-16)11-3-4-13(15)14(7-11)20-2/h3-4,7,12,19H,5-6,8-9,15H2,1-2H3/t12-/m1/s1. The first-order chi connectivity index (χ1) is 9.51. The van der Waals surface area contributed by atoms with Crippen LogP contribution in [-0.4, -0.2) is 55.3 Å². The van der Waals surface area contributed by atoms with E-state index in [4.69, 9.17) is 10.5 Å². The molecule has 6 nitrogen and oxygen atoms in total. The summed E-state index contributed by atoms with van der Waals surface area (Å²) in [5.41, 5.74) is 7.32. The van der Waals surface area contributed by atoms with Crippen LogP contribution in [0.15, 0.2) is 18.2 Å². The lowest BCUT2D eigenvalue weighted by molar-refractivity contribution is -0.129. The van der Waals surface area contributed by atoms with Crippen molar-refractivity contribution in [2.24, 2.45) is 0 Å². The molecule has 0 radical (unpaired) electrons. The molecule has 1 aromatic carbocycles. The Morgan fingerprint density at radius 1 is 1.40 bits per heavy atom. The van der Waals surface area contributed by atoms with Crippen molar-refractivity contribution >= 4 is 17.3 Å². The van der Waals surface area contributed by atoms with Gasteiger partial charge in [-0.2, -0.15) is 0 Å². The molecule has 1 heterocycles. The molecule has 0 spiro atoms. The van der Waals surface area contributed by atoms with Crippen LogP contribution in [-0.2, 0) is 4.79 Å². The maximum Gasteiger partial charge on any atom is 0.219 e. The molecule has 0 unspecified atom stereocenters. The number of ether oxygens (including phenoxy) is 1. The van der Waals surface area contributed by atoms with Crippen LogP contribution in [0.1, 0.15) is 6.92 Å². The normalized spacial score (nSPS) is 19.6. The molecule has 6 heteroatoms. The number of methoxy groups -OCH3 is 1. The Bertz CT molecular complexity index is 493. The van der Waals surface area contributed by atoms with Crippen LogP contribution >= 0.6 is 0 Å². The van der Waals surface area contributed by atoms with Gasteiger partial charge >= 0.3 is 0 Å². The third-order valence-corrected chi connectivity index (χ3v) is 3.53. The Labute approximate surface area is 118 Å². The minimum atomic E-state index is -0.565. The van der Waals surface area contributed by atoms with Crippen LogP contribution in [0.2, 0.25) is 0 Å². The number of aliphatic hydroxyl groups excluding tert-OH is 1. The number of amides is 1. The van der Waals surface area contributed by atoms with Gasteiger partial charge in [-0.05, 0) is 12.1 Å². The first kappa shape index (κ1) is 14.5. The van der Waals surface area contributed by atoms with E-state index in [0.717, 1.165) is 5.69 Å². The van der Waals surface area contributed by atoms with Gasteiger partial charge in [0.1, 0.15) is 5.75 Å². The third-order valence-electron chi connectivity index (χ3n) is 3.53. The second-order valence-electron chi connectivity index (χ2n) is 4.99. The number of nitrogens with zero attached hydrogens (tertiary/aromatic N) is 2. The van der Waals surface area contributed by atoms with E-state index in [1.165, 1.54) is 6.92 Å². The van der Waals surface area contributed by atoms with Crippen LogP contribution in [0.5, 0.6) is 5.75 Å². The Hall–Kier alpha value is -1.95. The van der Waals surface area contributed by atoms with Crippen molar-refractivity contribution in [2.45, 2.75) is 13.0 Å². The largest absolute Gasteiger partial charge is 0.495 e. The Morgan fingerprint density at radius 3 is 2.80 bits per heavy atom. The molecule has 0 saturated carbocycles. The third kappa shape index (κ3) is 3.14. The van der Waals surface area contributed by atoms with Crippen LogP contribution < -0.4 is 15.4 Å². The molecule has 1 aliphatic rings. The Kier molecular flexibility index (Phi) is 4.34. The highest BCUT2D eigenvalue weighted by molar-refractivity contribution is 5.73. The smallest absolute Gasteiger partial charge is 0.219 e. The number of hydrogen-bond acceptors (Lipinski definition) is 5. The Morgan fingerprint density at radius 2 is 2.15 bits per heavy atom. The van der Waals surface area contributed by atoms with Gasteiger partial charge in [-0.3, -0.25) is 4.79 Å². The molecule has 110 valence electrons. The molecule has 0 aromatic heterocycles. The molecule has 0 aliphatic carbocycles. The topological polar surface area (TPSA) is 79.0 Å². The Balaban J connectivity index is 2.18. The van der Waals surface area contributed by atoms with Crippen LogP contribution in [0.4, 0.5) is 11.4 Å². The van der Waals surface area contributed by atoms with Crippen LogP contribution in [0.25, 0.3) is 0 Å². The van der Waals surface area contributed by atoms with Gasteiger partial charge in [0.15, 0.2) is 0 Å². The molecule has 1 amide bonds. The van der Waals surface area contributed by atoms with E-state index in [1.54, 1.807) is 18.1 Å². The van der Waals surface area contributed by atoms with E-state index in [0.29, 0.717) is 37.6 Å². The van der Waals surface area contributed by atoms with Gasteiger partial charge in [0, 0.05) is 44.9 Å². The van der Waals surface area contributed by atoms with Gasteiger partial charge < -0.3 is 25.4 Å². The van der Waals surface area contributed by atoms with Crippen molar-refractivity contribution in [3.8, 4) is 5.75 Å². The molecule has 1 atom stereocenters. The van der Waals surface area contributed by atoms with Crippen molar-refractivity contribution < 1.29 is 14.6 Å². The fourth-order valence-electron chi connectivity index (χ4n) is 2.41. The van der Waals surface area contributed by atoms with E-state index < -0.39 is 6.10 Å². The fraction of sp³-hybridized carbons (Fsp3) is 0.500. The summed E-state index contributed by atoms with van der Waals surface area (Å²) in [5.74, 6) is 0.602. The molecule has 20 heavy (non-hydrogen) atoms. The van der Waals surface area contributed by atoms with E-state index in [-0.39, 0.29) is 5.91 Å². The molecule has 2 rings (SSSR count). The summed E-state index contributed by atoms with van der Waals surface area (Å²) in [5, 5.41) is 10.0. The van der Waals surface area contributed by atoms with Crippen molar-refractivity contribution in [3.05, 3.63) is 18.2 Å². The lowest BCUT2D eigenvalue weighted by Gasteiger charge is -2.24. The zero-order valence-corrected chi connectivity index (χ0v) is 11.9. The maximum absolute atomic E-state index is 11.4. The maximum atomic E-state index is 11.4. The molecule has 1 fully saturated rings. The molecule has 1 aliphatic heterocycles. The average molecular weight is 279 g/mol. The number of nitrogens with two attached hydrogens (primary N) is 1. The number of hydrogen-bond donors (Lipinski definition) is 2. The van der Waals surface area contributed by atoms with Gasteiger partial charge in [0.05, 0.1) is 18.9 Å². The number of rotatable bonds is 2. The number of carbonyl (C=O) groups is 1. The quantitative estimate of drug-likeness (QED) is 0.762. The van der Waals surface area contributed by atoms with Gasteiger partial charge in [-0.1, -0.05) is 0 Å². The second-order valence-corrected chi connectivity index (χ2v) is 4.99. The van der Waals surface area contributed by atoms with Crippen LogP contribution in [0.3, 0.4) is 0 Å². The average Bonchev–Trinajstić information content (AvgIpc) is 2.61. The highest BCUT2D eigenvalue weighted by atomic mass is 16.5. The van der Waals surface area contributed by atoms with Crippen molar-refractivity contribution in [1.29, 1.82) is 0 Å². The van der Waals surface area contributed by atoms with E-state index in [2.05, 4.69) is 0 Å². The van der Waals surface area contributed by atoms with Crippen molar-refractivity contribution in [2.75, 3.05) is 43.9 Å². The SMILES string of the molecule is COc1cc(N2CCN(C(C)=O)C[C@@H](O)C2)ccc1N. The zero-order chi connectivity index (χ0) is 14.7. The molecule has 1 saturated heterocycles. The lowest BCUT2D eigenvalue weighted by atomic mass is 10.2. The summed E-state index contributed by atoms with van der Waals surface area (Å²) in [6.07, 6.45) is -0.565. The van der Waals surface area contributed by atoms with E-state index in [9.17, 15) is 9.90 Å². The highest BCUT2D eigenvalue weighted by Crippen LogP contribution is 2.28. The predicted octanol–water partition coefficient (Wildman–Crippen LogP) is 0.307. The first-order valence-corrected chi connectivity index (χ1v) is 6.63. The summed E-state index contributed by atoms with van der Waals surface area (Å²) in [6.45, 7) is 3.65. The van der Waals surface area contributed by atoms with E-state index >= 15 is 0 Å². The van der Waals surface area contributed by atoms with E-state index in [1.807, 2.05) is 17.0 Å². The van der Waals surface area contributed by atoms with Crippen LogP contribution in [0, 0.1) is 0 Å². The number of β-amino-alcohol motifs (C(OH)–C–C–N with tert-alkyl or cyclic N) is 1. The summed E-state index contributed by atoms with van der Waals surface area (Å²) in [4.78, 5) is 15.1. The number of carbonyl (C=O) groups excluding carboxylic acids is 1. The molecule has 3 N–H and O–H groups in total. The minimum absolute atomic E-state index is 0.0132. The minimum Gasteiger partial charge on any atom is -0.495 e. The van der Waals surface area contributed by atoms with Gasteiger partial charge in [-0.25, -0.2) is 0 Å². The summed E-state index contributed by atoms with van der Waals surface area (Å²) in [6, 6.07) is 5.54. The van der Waals surface area contributed by atoms with Crippen molar-refractivity contribution in [1.82, 2.24) is 4.90 Å². The lowest BCUT2D eigenvalue weighted by Crippen LogP contribution is -2.36. The molecule has 0 bridgehead atoms. The molecule has 1 aromatic rings. The van der Waals surface area contributed by atoms with Gasteiger partial charge in [0.25, 0.3) is 0 Å². The summed E-state index contributed by atoms with van der Waals surface area (Å²) >= 11 is 0. The van der Waals surface area contributed by atoms with Crippen molar-refractivity contribution in [3.63, 3.8) is 0 Å². The molecular weight excluding hydrogens is 258 g/mol. The second kappa shape index (κ2) is 6.00. The number of aliphatic hydroxyl groups is 1. The van der Waals surface area contributed by atoms with Gasteiger partial charge in [-0.15, -0.1) is 0 Å². The first-order valence-electron chi connectivity index (χ1n) is 6.63. The number of nitrogen functional groups attached to an aromatic ring is 1. The number of benzene rings is 1. The highest BCUT2D eigenvalue weighted by Gasteiger charge is 2.23. The molecular formula is C14H21N3O3.